The molecule has 17 heavy (non-hydrogen) atoms. The van der Waals surface area contributed by atoms with Crippen molar-refractivity contribution >= 4 is 8.56 Å². The largest absolute Gasteiger partial charge is 0.398 e. The second kappa shape index (κ2) is 7.48. The van der Waals surface area contributed by atoms with Gasteiger partial charge in [-0.2, -0.15) is 0 Å². The standard InChI is InChI=1S/C12H27NO3Si/c1-15-17(3,16-2)10-9-12(14)13-11-7-5-4-6-8-11/h11-14H,4-10H2,1-3H3. The lowest BCUT2D eigenvalue weighted by Crippen LogP contribution is -2.42. The van der Waals surface area contributed by atoms with Gasteiger partial charge in [0.1, 0.15) is 6.23 Å². The molecule has 0 saturated heterocycles. The highest BCUT2D eigenvalue weighted by molar-refractivity contribution is 6.65. The third kappa shape index (κ3) is 5.48. The molecule has 2 N–H and O–H groups in total. The Morgan fingerprint density at radius 1 is 1.24 bits per heavy atom. The molecule has 0 aromatic heterocycles. The van der Waals surface area contributed by atoms with Crippen LogP contribution in [0.3, 0.4) is 0 Å². The summed E-state index contributed by atoms with van der Waals surface area (Å²) in [4.78, 5) is 0. The van der Waals surface area contributed by atoms with Gasteiger partial charge in [0.05, 0.1) is 0 Å². The molecule has 0 radical (unpaired) electrons. The minimum atomic E-state index is -2.03. The summed E-state index contributed by atoms with van der Waals surface area (Å²) < 4.78 is 10.8. The fourth-order valence-electron chi connectivity index (χ4n) is 2.31. The molecule has 102 valence electrons. The Balaban J connectivity index is 2.21. The van der Waals surface area contributed by atoms with Crippen LogP contribution >= 0.6 is 0 Å². The number of hydrogen-bond donors (Lipinski definition) is 2. The summed E-state index contributed by atoms with van der Waals surface area (Å²) in [6, 6.07) is 1.32. The van der Waals surface area contributed by atoms with Crippen molar-refractivity contribution in [2.24, 2.45) is 0 Å². The quantitative estimate of drug-likeness (QED) is 0.543. The van der Waals surface area contributed by atoms with E-state index in [4.69, 9.17) is 8.85 Å². The van der Waals surface area contributed by atoms with Crippen LogP contribution in [0.1, 0.15) is 38.5 Å². The fourth-order valence-corrected chi connectivity index (χ4v) is 3.68. The van der Waals surface area contributed by atoms with Gasteiger partial charge in [0, 0.05) is 20.3 Å². The highest BCUT2D eigenvalue weighted by Crippen LogP contribution is 2.19. The minimum absolute atomic E-state index is 0.421. The summed E-state index contributed by atoms with van der Waals surface area (Å²) in [6.45, 7) is 2.03. The molecule has 0 heterocycles. The Hall–Kier alpha value is 0.0569. The monoisotopic (exact) mass is 261 g/mol. The molecule has 0 spiro atoms. The molecule has 1 unspecified atom stereocenters. The van der Waals surface area contributed by atoms with Crippen LogP contribution in [0.15, 0.2) is 0 Å². The van der Waals surface area contributed by atoms with Gasteiger partial charge < -0.3 is 14.0 Å². The van der Waals surface area contributed by atoms with Crippen LogP contribution in [0.4, 0.5) is 0 Å². The van der Waals surface area contributed by atoms with E-state index in [1.165, 1.54) is 32.1 Å². The normalized spacial score (nSPS) is 20.5. The van der Waals surface area contributed by atoms with Crippen molar-refractivity contribution in [1.29, 1.82) is 0 Å². The number of nitrogens with one attached hydrogen (secondary N) is 1. The maximum absolute atomic E-state index is 9.96. The van der Waals surface area contributed by atoms with E-state index in [9.17, 15) is 5.11 Å². The lowest BCUT2D eigenvalue weighted by Gasteiger charge is -2.28. The van der Waals surface area contributed by atoms with Crippen LogP contribution in [0, 0.1) is 0 Å². The topological polar surface area (TPSA) is 50.7 Å². The van der Waals surface area contributed by atoms with Gasteiger partial charge >= 0.3 is 8.56 Å². The predicted octanol–water partition coefficient (Wildman–Crippen LogP) is 1.98. The third-order valence-corrected chi connectivity index (χ3v) is 6.69. The molecule has 4 nitrogen and oxygen atoms in total. The van der Waals surface area contributed by atoms with Crippen molar-refractivity contribution < 1.29 is 14.0 Å². The molecule has 0 bridgehead atoms. The van der Waals surface area contributed by atoms with Crippen LogP contribution in [0.2, 0.25) is 12.6 Å². The summed E-state index contributed by atoms with van der Waals surface area (Å²) in [6.07, 6.45) is 6.59. The van der Waals surface area contributed by atoms with Gasteiger partial charge in [0.15, 0.2) is 0 Å². The number of rotatable bonds is 7. The Morgan fingerprint density at radius 2 is 1.82 bits per heavy atom. The van der Waals surface area contributed by atoms with E-state index in [0.29, 0.717) is 12.5 Å². The number of aliphatic hydroxyl groups is 1. The molecule has 1 aliphatic rings. The summed E-state index contributed by atoms with van der Waals surface area (Å²) in [5, 5.41) is 13.3. The van der Waals surface area contributed by atoms with Gasteiger partial charge in [-0.25, -0.2) is 0 Å². The summed E-state index contributed by atoms with van der Waals surface area (Å²) in [5.74, 6) is 0. The molecule has 0 aliphatic heterocycles. The average molecular weight is 261 g/mol. The summed E-state index contributed by atoms with van der Waals surface area (Å²) >= 11 is 0. The molecule has 1 saturated carbocycles. The van der Waals surface area contributed by atoms with Crippen molar-refractivity contribution in [1.82, 2.24) is 5.32 Å². The Kier molecular flexibility index (Phi) is 6.65. The van der Waals surface area contributed by atoms with Crippen molar-refractivity contribution in [3.63, 3.8) is 0 Å². The van der Waals surface area contributed by atoms with Crippen LogP contribution in [0.5, 0.6) is 0 Å². The van der Waals surface area contributed by atoms with Gasteiger partial charge in [0.25, 0.3) is 0 Å². The van der Waals surface area contributed by atoms with Gasteiger partial charge in [-0.15, -0.1) is 0 Å². The molecule has 0 aromatic rings. The molecule has 1 rings (SSSR count). The molecule has 1 aliphatic carbocycles. The van der Waals surface area contributed by atoms with Gasteiger partial charge in [0.2, 0.25) is 0 Å². The van der Waals surface area contributed by atoms with Crippen molar-refractivity contribution in [2.45, 2.75) is 63.4 Å². The van der Waals surface area contributed by atoms with Crippen molar-refractivity contribution in [3.05, 3.63) is 0 Å². The molecular weight excluding hydrogens is 234 g/mol. The average Bonchev–Trinajstić information content (AvgIpc) is 2.37. The maximum Gasteiger partial charge on any atom is 0.334 e. The first-order chi connectivity index (χ1) is 8.09. The molecule has 1 fully saturated rings. The second-order valence-electron chi connectivity index (χ2n) is 5.10. The van der Waals surface area contributed by atoms with Crippen molar-refractivity contribution in [2.75, 3.05) is 14.2 Å². The number of aliphatic hydroxyl groups excluding tert-OH is 1. The van der Waals surface area contributed by atoms with E-state index < -0.39 is 14.8 Å². The van der Waals surface area contributed by atoms with Gasteiger partial charge in [-0.3, -0.25) is 5.32 Å². The lowest BCUT2D eigenvalue weighted by atomic mass is 9.95. The lowest BCUT2D eigenvalue weighted by molar-refractivity contribution is 0.105. The maximum atomic E-state index is 9.96. The van der Waals surface area contributed by atoms with E-state index >= 15 is 0 Å². The van der Waals surface area contributed by atoms with Gasteiger partial charge in [-0.1, -0.05) is 19.3 Å². The van der Waals surface area contributed by atoms with Crippen LogP contribution in [-0.2, 0) is 8.85 Å². The SMILES string of the molecule is CO[Si](C)(CCC(O)NC1CCCCC1)OC. The summed E-state index contributed by atoms with van der Waals surface area (Å²) in [5.41, 5.74) is 0. The molecular formula is C12H27NO3Si. The number of hydrogen-bond acceptors (Lipinski definition) is 4. The molecule has 0 amide bonds. The predicted molar refractivity (Wildman–Crippen MR) is 71.1 cm³/mol. The van der Waals surface area contributed by atoms with E-state index in [-0.39, 0.29) is 0 Å². The van der Waals surface area contributed by atoms with E-state index in [1.54, 1.807) is 14.2 Å². The first-order valence-electron chi connectivity index (χ1n) is 6.64. The van der Waals surface area contributed by atoms with Crippen LogP contribution in [-0.4, -0.2) is 40.2 Å². The first-order valence-corrected chi connectivity index (χ1v) is 9.16. The molecule has 5 heteroatoms. The second-order valence-corrected chi connectivity index (χ2v) is 8.68. The zero-order valence-electron chi connectivity index (χ0n) is 11.4. The highest BCUT2D eigenvalue weighted by atomic mass is 28.4. The van der Waals surface area contributed by atoms with Crippen molar-refractivity contribution in [3.8, 4) is 0 Å². The third-order valence-electron chi connectivity index (χ3n) is 3.77. The Bertz CT molecular complexity index is 206. The molecule has 1 atom stereocenters. The van der Waals surface area contributed by atoms with E-state index in [0.717, 1.165) is 6.04 Å². The zero-order valence-corrected chi connectivity index (χ0v) is 12.4. The Morgan fingerprint density at radius 3 is 2.35 bits per heavy atom. The van der Waals surface area contributed by atoms with E-state index in [1.807, 2.05) is 6.55 Å². The smallest absolute Gasteiger partial charge is 0.334 e. The minimum Gasteiger partial charge on any atom is -0.398 e. The fraction of sp³-hybridized carbons (Fsp3) is 1.00. The van der Waals surface area contributed by atoms with Crippen LogP contribution < -0.4 is 5.32 Å². The van der Waals surface area contributed by atoms with E-state index in [2.05, 4.69) is 5.32 Å². The zero-order chi connectivity index (χ0) is 12.7. The summed E-state index contributed by atoms with van der Waals surface area (Å²) in [7, 11) is 1.36. The van der Waals surface area contributed by atoms with Gasteiger partial charge in [-0.05, 0) is 31.9 Å². The first kappa shape index (κ1) is 15.1. The van der Waals surface area contributed by atoms with Crippen LogP contribution in [0.25, 0.3) is 0 Å². The molecule has 0 aromatic carbocycles. The Labute approximate surface area is 106 Å². The highest BCUT2D eigenvalue weighted by Gasteiger charge is 2.29.